The summed E-state index contributed by atoms with van der Waals surface area (Å²) >= 11 is 1.70. The van der Waals surface area contributed by atoms with Gasteiger partial charge in [-0.25, -0.2) is 4.98 Å². The maximum Gasteiger partial charge on any atom is 0.137 e. The molecule has 0 atom stereocenters. The third-order valence-corrected chi connectivity index (χ3v) is 5.92. The van der Waals surface area contributed by atoms with Crippen LogP contribution in [0.25, 0.3) is 16.1 Å². The van der Waals surface area contributed by atoms with Crippen molar-refractivity contribution in [3.63, 3.8) is 0 Å². The molecule has 0 amide bonds. The molecule has 0 radical (unpaired) electrons. The van der Waals surface area contributed by atoms with E-state index in [4.69, 9.17) is 4.74 Å². The molecule has 0 bridgehead atoms. The van der Waals surface area contributed by atoms with Crippen molar-refractivity contribution in [1.29, 1.82) is 5.26 Å². The largest absolute Gasteiger partial charge is 0.490 e. The van der Waals surface area contributed by atoms with E-state index in [-0.39, 0.29) is 6.10 Å². The maximum absolute atomic E-state index is 9.48. The van der Waals surface area contributed by atoms with Gasteiger partial charge in [0.15, 0.2) is 0 Å². The SMILES string of the molecule is CC(C)Oc1ccc(-c2ncc(C3=CCC=CC4=C3CCC4)s2)cc1C#N. The molecule has 4 heteroatoms. The fourth-order valence-electron chi connectivity index (χ4n) is 3.67. The first-order valence-corrected chi connectivity index (χ1v) is 10.2. The predicted molar refractivity (Wildman–Crippen MR) is 111 cm³/mol. The second kappa shape index (κ2) is 7.54. The second-order valence-electron chi connectivity index (χ2n) is 7.13. The van der Waals surface area contributed by atoms with E-state index in [2.05, 4.69) is 29.3 Å². The van der Waals surface area contributed by atoms with E-state index >= 15 is 0 Å². The Bertz CT molecular complexity index is 1000. The molecular formula is C23H22N2OS. The molecule has 0 fully saturated rings. The van der Waals surface area contributed by atoms with Crippen LogP contribution in [-0.2, 0) is 0 Å². The Morgan fingerprint density at radius 2 is 2.15 bits per heavy atom. The number of nitrogens with zero attached hydrogens (tertiary/aromatic N) is 2. The van der Waals surface area contributed by atoms with Gasteiger partial charge in [-0.15, -0.1) is 11.3 Å². The van der Waals surface area contributed by atoms with Crippen LogP contribution < -0.4 is 4.74 Å². The lowest BCUT2D eigenvalue weighted by Crippen LogP contribution is -2.06. The van der Waals surface area contributed by atoms with Crippen LogP contribution >= 0.6 is 11.3 Å². The van der Waals surface area contributed by atoms with Crippen molar-refractivity contribution < 1.29 is 4.74 Å². The van der Waals surface area contributed by atoms with Crippen LogP contribution in [0.4, 0.5) is 0 Å². The number of allylic oxidation sites excluding steroid dienone is 6. The Labute approximate surface area is 164 Å². The van der Waals surface area contributed by atoms with Gasteiger partial charge in [-0.3, -0.25) is 0 Å². The van der Waals surface area contributed by atoms with Crippen molar-refractivity contribution in [3.05, 3.63) is 64.2 Å². The van der Waals surface area contributed by atoms with Gasteiger partial charge in [-0.2, -0.15) is 5.26 Å². The highest BCUT2D eigenvalue weighted by molar-refractivity contribution is 7.16. The first kappa shape index (κ1) is 17.8. The minimum absolute atomic E-state index is 0.0408. The highest BCUT2D eigenvalue weighted by Crippen LogP contribution is 2.41. The van der Waals surface area contributed by atoms with E-state index in [1.807, 2.05) is 38.2 Å². The minimum atomic E-state index is 0.0408. The van der Waals surface area contributed by atoms with Gasteiger partial charge in [-0.1, -0.05) is 18.2 Å². The smallest absolute Gasteiger partial charge is 0.137 e. The lowest BCUT2D eigenvalue weighted by molar-refractivity contribution is 0.242. The molecule has 2 aliphatic rings. The summed E-state index contributed by atoms with van der Waals surface area (Å²) in [5, 5.41) is 10.4. The van der Waals surface area contributed by atoms with Crippen LogP contribution in [0.3, 0.4) is 0 Å². The molecule has 2 aliphatic carbocycles. The number of nitriles is 1. The highest BCUT2D eigenvalue weighted by Gasteiger charge is 2.20. The fraction of sp³-hybridized carbons (Fsp3) is 0.304. The van der Waals surface area contributed by atoms with Gasteiger partial charge in [0.05, 0.1) is 16.5 Å². The quantitative estimate of drug-likeness (QED) is 0.631. The van der Waals surface area contributed by atoms with Crippen LogP contribution in [-0.4, -0.2) is 11.1 Å². The summed E-state index contributed by atoms with van der Waals surface area (Å²) in [5.74, 6) is 0.631. The lowest BCUT2D eigenvalue weighted by Gasteiger charge is -2.11. The Morgan fingerprint density at radius 1 is 1.26 bits per heavy atom. The van der Waals surface area contributed by atoms with Gasteiger partial charge in [0, 0.05) is 11.8 Å². The van der Waals surface area contributed by atoms with Crippen molar-refractivity contribution in [3.8, 4) is 22.4 Å². The number of hydrogen-bond acceptors (Lipinski definition) is 4. The van der Waals surface area contributed by atoms with E-state index in [9.17, 15) is 5.26 Å². The van der Waals surface area contributed by atoms with Crippen LogP contribution in [0, 0.1) is 11.3 Å². The monoisotopic (exact) mass is 374 g/mol. The Morgan fingerprint density at radius 3 is 2.96 bits per heavy atom. The highest BCUT2D eigenvalue weighted by atomic mass is 32.1. The van der Waals surface area contributed by atoms with Crippen molar-refractivity contribution in [2.45, 2.75) is 45.6 Å². The molecular weight excluding hydrogens is 352 g/mol. The summed E-state index contributed by atoms with van der Waals surface area (Å²) in [5.41, 5.74) is 5.83. The number of aromatic nitrogens is 1. The second-order valence-corrected chi connectivity index (χ2v) is 8.16. The van der Waals surface area contributed by atoms with E-state index < -0.39 is 0 Å². The summed E-state index contributed by atoms with van der Waals surface area (Å²) in [6.45, 7) is 3.92. The number of rotatable bonds is 4. The van der Waals surface area contributed by atoms with Gasteiger partial charge in [-0.05, 0) is 74.4 Å². The topological polar surface area (TPSA) is 45.9 Å². The van der Waals surface area contributed by atoms with Crippen molar-refractivity contribution in [2.75, 3.05) is 0 Å². The van der Waals surface area contributed by atoms with Crippen molar-refractivity contribution in [1.82, 2.24) is 4.98 Å². The van der Waals surface area contributed by atoms with E-state index in [1.54, 1.807) is 11.3 Å². The standard InChI is InChI=1S/C23H22N2OS/c1-15(2)26-21-11-10-17(12-18(21)13-24)23-25-14-22(27-23)20-8-4-3-6-16-7-5-9-19(16)20/h3,6,8,10-12,14-15H,4-5,7,9H2,1-2H3. The molecule has 1 aromatic carbocycles. The maximum atomic E-state index is 9.48. The molecule has 2 aromatic rings. The summed E-state index contributed by atoms with van der Waals surface area (Å²) in [7, 11) is 0. The zero-order valence-electron chi connectivity index (χ0n) is 15.7. The lowest BCUT2D eigenvalue weighted by atomic mass is 10.0. The van der Waals surface area contributed by atoms with Gasteiger partial charge < -0.3 is 4.74 Å². The number of benzene rings is 1. The van der Waals surface area contributed by atoms with E-state index in [1.165, 1.54) is 34.4 Å². The van der Waals surface area contributed by atoms with Crippen molar-refractivity contribution in [2.24, 2.45) is 0 Å². The average Bonchev–Trinajstić information content (AvgIpc) is 3.28. The molecule has 0 spiro atoms. The molecule has 0 unspecified atom stereocenters. The molecule has 4 rings (SSSR count). The molecule has 1 aromatic heterocycles. The third-order valence-electron chi connectivity index (χ3n) is 4.84. The van der Waals surface area contributed by atoms with E-state index in [0.717, 1.165) is 23.4 Å². The normalized spacial score (nSPS) is 16.1. The van der Waals surface area contributed by atoms with E-state index in [0.29, 0.717) is 11.3 Å². The molecule has 3 nitrogen and oxygen atoms in total. The molecule has 0 saturated carbocycles. The van der Waals surface area contributed by atoms with Crippen LogP contribution in [0.2, 0.25) is 0 Å². The molecule has 1 heterocycles. The van der Waals surface area contributed by atoms with Crippen LogP contribution in [0.1, 0.15) is 50.0 Å². The first-order valence-electron chi connectivity index (χ1n) is 9.42. The first-order chi connectivity index (χ1) is 13.2. The fourth-order valence-corrected chi connectivity index (χ4v) is 4.65. The summed E-state index contributed by atoms with van der Waals surface area (Å²) in [4.78, 5) is 5.87. The Balaban J connectivity index is 1.66. The summed E-state index contributed by atoms with van der Waals surface area (Å²) in [6, 6.07) is 7.99. The molecule has 0 saturated heterocycles. The summed E-state index contributed by atoms with van der Waals surface area (Å²) in [6.07, 6.45) is 13.4. The third kappa shape index (κ3) is 3.61. The Kier molecular flexibility index (Phi) is 4.96. The Hall–Kier alpha value is -2.64. The van der Waals surface area contributed by atoms with Crippen molar-refractivity contribution >= 4 is 16.9 Å². The number of hydrogen-bond donors (Lipinski definition) is 0. The van der Waals surface area contributed by atoms with Gasteiger partial charge in [0.25, 0.3) is 0 Å². The molecule has 136 valence electrons. The number of thiazole rings is 1. The summed E-state index contributed by atoms with van der Waals surface area (Å²) < 4.78 is 5.73. The van der Waals surface area contributed by atoms with Crippen LogP contribution in [0.15, 0.2) is 53.8 Å². The van der Waals surface area contributed by atoms with Gasteiger partial charge in [0.1, 0.15) is 16.8 Å². The van der Waals surface area contributed by atoms with Gasteiger partial charge >= 0.3 is 0 Å². The molecule has 0 N–H and O–H groups in total. The average molecular weight is 375 g/mol. The van der Waals surface area contributed by atoms with Gasteiger partial charge in [0.2, 0.25) is 0 Å². The number of ether oxygens (including phenoxy) is 1. The predicted octanol–water partition coefficient (Wildman–Crippen LogP) is 6.29. The zero-order valence-corrected chi connectivity index (χ0v) is 16.5. The zero-order chi connectivity index (χ0) is 18.8. The van der Waals surface area contributed by atoms with Crippen LogP contribution in [0.5, 0.6) is 5.75 Å². The molecule has 0 aliphatic heterocycles. The molecule has 27 heavy (non-hydrogen) atoms. The minimum Gasteiger partial charge on any atom is -0.490 e.